The zero-order chi connectivity index (χ0) is 24.2. The molecule has 3 aromatic rings. The highest BCUT2D eigenvalue weighted by molar-refractivity contribution is 7.81. The van der Waals surface area contributed by atoms with Crippen molar-refractivity contribution >= 4 is 58.0 Å². The third kappa shape index (κ3) is 4.40. The van der Waals surface area contributed by atoms with Gasteiger partial charge in [0.05, 0.1) is 22.7 Å². The Morgan fingerprint density at radius 1 is 0.882 bits per heavy atom. The summed E-state index contributed by atoms with van der Waals surface area (Å²) in [5.74, 6) is -1.06. The van der Waals surface area contributed by atoms with Crippen LogP contribution in [0, 0.1) is 0 Å². The van der Waals surface area contributed by atoms with E-state index in [0.29, 0.717) is 22.6 Å². The Morgan fingerprint density at radius 2 is 1.41 bits per heavy atom. The van der Waals surface area contributed by atoms with E-state index in [2.05, 4.69) is 10.5 Å². The molecule has 0 bridgehead atoms. The van der Waals surface area contributed by atoms with Crippen LogP contribution >= 0.6 is 12.2 Å². The van der Waals surface area contributed by atoms with Crippen LogP contribution < -0.4 is 20.2 Å². The van der Waals surface area contributed by atoms with Gasteiger partial charge < -0.3 is 4.90 Å². The summed E-state index contributed by atoms with van der Waals surface area (Å²) in [6, 6.07) is 23.1. The first-order valence-electron chi connectivity index (χ1n) is 10.3. The van der Waals surface area contributed by atoms with E-state index in [9.17, 15) is 9.59 Å². The summed E-state index contributed by atoms with van der Waals surface area (Å²) in [6.45, 7) is 0. The average Bonchev–Trinajstić information content (AvgIpc) is 2.83. The summed E-state index contributed by atoms with van der Waals surface area (Å²) in [5, 5.41) is 8.96. The smallest absolute Gasteiger partial charge is 0.270 e. The molecule has 2 amide bonds. The molecule has 1 heterocycles. The van der Waals surface area contributed by atoms with Crippen molar-refractivity contribution in [3.05, 3.63) is 90.0 Å². The summed E-state index contributed by atoms with van der Waals surface area (Å²) in [6.07, 6.45) is 1.50. The van der Waals surface area contributed by atoms with Crippen molar-refractivity contribution in [1.82, 2.24) is 0 Å². The van der Waals surface area contributed by atoms with E-state index in [4.69, 9.17) is 17.5 Å². The monoisotopic (exact) mass is 474 g/mol. The number of hydrogen-bond donors (Lipinski definition) is 2. The Bertz CT molecular complexity index is 1200. The number of carbonyl (C=O) groups is 2. The second-order valence-corrected chi connectivity index (χ2v) is 8.02. The first-order chi connectivity index (χ1) is 16.4. The van der Waals surface area contributed by atoms with Crippen LogP contribution in [0.1, 0.15) is 5.56 Å². The van der Waals surface area contributed by atoms with Gasteiger partial charge in [0.2, 0.25) is 0 Å². The lowest BCUT2D eigenvalue weighted by molar-refractivity contribution is -0.215. The molecule has 0 aromatic heterocycles. The topological polar surface area (TPSA) is 85.4 Å². The molecule has 0 saturated carbocycles. The second-order valence-electron chi connectivity index (χ2n) is 7.66. The number of anilines is 4. The third-order valence-corrected chi connectivity index (χ3v) is 5.61. The molecule has 4 rings (SSSR count). The number of para-hydroxylation sites is 2. The van der Waals surface area contributed by atoms with Crippen molar-refractivity contribution in [2.45, 2.75) is 0 Å². The maximum Gasteiger partial charge on any atom is 0.270 e. The quantitative estimate of drug-likeness (QED) is 0.181. The maximum atomic E-state index is 13.5. The SMILES string of the molecule is CN(C)c1ccc(C=C2C(=O)N(c3ccccc3)C(=S)N(c3ccccc3)C2=O)cc1NOO. The van der Waals surface area contributed by atoms with Crippen LogP contribution in [0.25, 0.3) is 6.08 Å². The Hall–Kier alpha value is -4.05. The second kappa shape index (κ2) is 9.84. The molecule has 172 valence electrons. The van der Waals surface area contributed by atoms with Crippen molar-refractivity contribution in [1.29, 1.82) is 0 Å². The van der Waals surface area contributed by atoms with Gasteiger partial charge in [-0.25, -0.2) is 10.7 Å². The van der Waals surface area contributed by atoms with Crippen LogP contribution in [-0.2, 0) is 14.6 Å². The Labute approximate surface area is 202 Å². The Morgan fingerprint density at radius 3 is 1.88 bits per heavy atom. The van der Waals surface area contributed by atoms with Crippen molar-refractivity contribution in [3.63, 3.8) is 0 Å². The zero-order valence-electron chi connectivity index (χ0n) is 18.5. The zero-order valence-corrected chi connectivity index (χ0v) is 19.3. The molecular formula is C25H22N4O4S. The van der Waals surface area contributed by atoms with Gasteiger partial charge in [-0.2, -0.15) is 0 Å². The van der Waals surface area contributed by atoms with E-state index in [-0.39, 0.29) is 10.7 Å². The van der Waals surface area contributed by atoms with Crippen LogP contribution in [0.4, 0.5) is 22.7 Å². The number of nitrogens with zero attached hydrogens (tertiary/aromatic N) is 3. The molecule has 34 heavy (non-hydrogen) atoms. The predicted octanol–water partition coefficient (Wildman–Crippen LogP) is 4.32. The van der Waals surface area contributed by atoms with E-state index in [1.165, 1.54) is 15.9 Å². The predicted molar refractivity (Wildman–Crippen MR) is 137 cm³/mol. The summed E-state index contributed by atoms with van der Waals surface area (Å²) in [7, 11) is 3.67. The van der Waals surface area contributed by atoms with Crippen molar-refractivity contribution < 1.29 is 19.8 Å². The number of thiocarbonyl (C=S) groups is 1. The molecule has 8 nitrogen and oxygen atoms in total. The molecule has 0 atom stereocenters. The minimum Gasteiger partial charge on any atom is -0.376 e. The molecule has 0 spiro atoms. The van der Waals surface area contributed by atoms with Gasteiger partial charge >= 0.3 is 0 Å². The first-order valence-corrected chi connectivity index (χ1v) is 10.8. The lowest BCUT2D eigenvalue weighted by Crippen LogP contribution is -2.56. The normalized spacial score (nSPS) is 13.9. The highest BCUT2D eigenvalue weighted by Crippen LogP contribution is 2.31. The molecule has 9 heteroatoms. The number of benzene rings is 3. The van der Waals surface area contributed by atoms with Crippen LogP contribution in [0.3, 0.4) is 0 Å². The maximum absolute atomic E-state index is 13.5. The van der Waals surface area contributed by atoms with Gasteiger partial charge in [0.1, 0.15) is 5.57 Å². The molecule has 3 aromatic carbocycles. The summed E-state index contributed by atoms with van der Waals surface area (Å²) >= 11 is 5.61. The number of hydrogen-bond acceptors (Lipinski definition) is 7. The van der Waals surface area contributed by atoms with E-state index in [0.717, 1.165) is 5.69 Å². The van der Waals surface area contributed by atoms with E-state index < -0.39 is 11.8 Å². The molecule has 1 aliphatic rings. The fraction of sp³-hybridized carbons (Fsp3) is 0.0800. The van der Waals surface area contributed by atoms with Crippen LogP contribution in [0.5, 0.6) is 0 Å². The molecule has 0 radical (unpaired) electrons. The third-order valence-electron chi connectivity index (χ3n) is 5.25. The highest BCUT2D eigenvalue weighted by atomic mass is 32.1. The molecular weight excluding hydrogens is 452 g/mol. The molecule has 0 unspecified atom stereocenters. The minimum absolute atomic E-state index is 0.0604. The molecule has 0 aliphatic carbocycles. The van der Waals surface area contributed by atoms with Crippen molar-refractivity contribution in [3.8, 4) is 0 Å². The van der Waals surface area contributed by atoms with Gasteiger partial charge in [0, 0.05) is 14.1 Å². The van der Waals surface area contributed by atoms with E-state index >= 15 is 0 Å². The number of carbonyl (C=O) groups excluding carboxylic acids is 2. The summed E-state index contributed by atoms with van der Waals surface area (Å²) < 4.78 is 0. The largest absolute Gasteiger partial charge is 0.376 e. The van der Waals surface area contributed by atoms with Crippen LogP contribution in [-0.4, -0.2) is 36.3 Å². The van der Waals surface area contributed by atoms with Gasteiger partial charge in [-0.3, -0.25) is 19.4 Å². The Kier molecular flexibility index (Phi) is 6.69. The van der Waals surface area contributed by atoms with Gasteiger partial charge in [0.15, 0.2) is 5.11 Å². The lowest BCUT2D eigenvalue weighted by Gasteiger charge is -2.36. The van der Waals surface area contributed by atoms with Crippen LogP contribution in [0.15, 0.2) is 84.4 Å². The number of rotatable bonds is 6. The average molecular weight is 475 g/mol. The molecule has 1 saturated heterocycles. The fourth-order valence-electron chi connectivity index (χ4n) is 3.67. The van der Waals surface area contributed by atoms with Gasteiger partial charge in [-0.15, -0.1) is 4.99 Å². The van der Waals surface area contributed by atoms with Gasteiger partial charge in [-0.1, -0.05) is 42.5 Å². The number of nitrogens with one attached hydrogen (secondary N) is 1. The van der Waals surface area contributed by atoms with Crippen LogP contribution in [0.2, 0.25) is 0 Å². The molecule has 1 aliphatic heterocycles. The minimum atomic E-state index is -0.530. The van der Waals surface area contributed by atoms with Crippen molar-refractivity contribution in [2.75, 3.05) is 34.3 Å². The Balaban J connectivity index is 1.84. The van der Waals surface area contributed by atoms with E-state index in [1.807, 2.05) is 31.1 Å². The lowest BCUT2D eigenvalue weighted by atomic mass is 10.0. The first kappa shape index (κ1) is 23.1. The standard InChI is InChI=1S/C25H22N4O4S/c1-27(2)22-14-13-17(16-21(22)26-33-32)15-20-23(30)28(18-9-5-3-6-10-18)25(34)29(24(20)31)19-11-7-4-8-12-19/h3-16,26,32H,1-2H3. The van der Waals surface area contributed by atoms with Gasteiger partial charge in [0.25, 0.3) is 11.8 Å². The van der Waals surface area contributed by atoms with Crippen molar-refractivity contribution in [2.24, 2.45) is 0 Å². The van der Waals surface area contributed by atoms with E-state index in [1.54, 1.807) is 66.7 Å². The van der Waals surface area contributed by atoms with Gasteiger partial charge in [-0.05, 0) is 60.3 Å². The number of amides is 2. The summed E-state index contributed by atoms with van der Waals surface area (Å²) in [5.41, 5.74) is 5.19. The highest BCUT2D eigenvalue weighted by Gasteiger charge is 2.41. The summed E-state index contributed by atoms with van der Waals surface area (Å²) in [4.78, 5) is 35.7. The fourth-order valence-corrected chi connectivity index (χ4v) is 4.05. The molecule has 1 fully saturated rings. The molecule has 2 N–H and O–H groups in total.